The van der Waals surface area contributed by atoms with E-state index in [2.05, 4.69) is 27.3 Å². The van der Waals surface area contributed by atoms with Gasteiger partial charge in [0.1, 0.15) is 0 Å². The average molecular weight is 374 g/mol. The Morgan fingerprint density at radius 2 is 2.00 bits per heavy atom. The highest BCUT2D eigenvalue weighted by Gasteiger charge is 2.40. The first-order valence-corrected chi connectivity index (χ1v) is 9.66. The van der Waals surface area contributed by atoms with Gasteiger partial charge in [-0.2, -0.15) is 0 Å². The summed E-state index contributed by atoms with van der Waals surface area (Å²) < 4.78 is 10.2. The lowest BCUT2D eigenvalue weighted by Crippen LogP contribution is -2.62. The van der Waals surface area contributed by atoms with Gasteiger partial charge < -0.3 is 14.5 Å². The number of hydrogen-bond acceptors (Lipinski definition) is 7. The summed E-state index contributed by atoms with van der Waals surface area (Å²) >= 11 is 1.33. The van der Waals surface area contributed by atoms with E-state index in [4.69, 9.17) is 9.15 Å². The predicted molar refractivity (Wildman–Crippen MR) is 96.4 cm³/mol. The van der Waals surface area contributed by atoms with Crippen molar-refractivity contribution in [2.24, 2.45) is 5.92 Å². The number of rotatable bonds is 5. The molecule has 0 radical (unpaired) electrons. The second-order valence-corrected chi connectivity index (χ2v) is 7.80. The number of benzene rings is 1. The van der Waals surface area contributed by atoms with Crippen LogP contribution in [0, 0.1) is 5.92 Å². The lowest BCUT2D eigenvalue weighted by Gasteiger charge is -2.49. The first-order chi connectivity index (χ1) is 12.6. The number of ether oxygens (including phenoxy) is 1. The number of methoxy groups -OCH3 is 1. The van der Waals surface area contributed by atoms with Crippen LogP contribution in [-0.2, 0) is 0 Å². The second kappa shape index (κ2) is 7.28. The SMILES string of the molecule is COc1nnc(Sc2ccc(C(=O)N[C@@H]3C4CCN(CC4)[C@H]3C)cc2)o1. The van der Waals surface area contributed by atoms with Crippen LogP contribution in [0.3, 0.4) is 0 Å². The van der Waals surface area contributed by atoms with E-state index in [9.17, 15) is 4.79 Å². The molecule has 4 heterocycles. The van der Waals surface area contributed by atoms with Gasteiger partial charge in [-0.25, -0.2) is 0 Å². The van der Waals surface area contributed by atoms with Gasteiger partial charge in [0, 0.05) is 22.5 Å². The predicted octanol–water partition coefficient (Wildman–Crippen LogP) is 2.44. The molecular formula is C18H22N4O3S. The number of hydrogen-bond donors (Lipinski definition) is 1. The molecule has 1 aromatic heterocycles. The minimum Gasteiger partial charge on any atom is -0.452 e. The molecule has 138 valence electrons. The van der Waals surface area contributed by atoms with E-state index < -0.39 is 0 Å². The maximum absolute atomic E-state index is 12.7. The van der Waals surface area contributed by atoms with E-state index in [-0.39, 0.29) is 18.0 Å². The van der Waals surface area contributed by atoms with Gasteiger partial charge in [-0.05, 0) is 74.8 Å². The Morgan fingerprint density at radius 3 is 2.62 bits per heavy atom. The van der Waals surface area contributed by atoms with Crippen molar-refractivity contribution < 1.29 is 13.9 Å². The van der Waals surface area contributed by atoms with Crippen LogP contribution in [-0.4, -0.2) is 53.3 Å². The van der Waals surface area contributed by atoms with Gasteiger partial charge in [-0.1, -0.05) is 10.2 Å². The van der Waals surface area contributed by atoms with Crippen molar-refractivity contribution in [3.8, 4) is 6.08 Å². The smallest absolute Gasteiger partial charge is 0.415 e. The average Bonchev–Trinajstić information content (AvgIpc) is 3.13. The molecule has 0 unspecified atom stereocenters. The molecule has 2 aromatic rings. The Bertz CT molecular complexity index is 769. The molecular weight excluding hydrogens is 352 g/mol. The molecule has 0 aliphatic carbocycles. The van der Waals surface area contributed by atoms with Crippen LogP contribution < -0.4 is 10.1 Å². The van der Waals surface area contributed by atoms with Gasteiger partial charge in [0.15, 0.2) is 0 Å². The van der Waals surface area contributed by atoms with Gasteiger partial charge in [0.05, 0.1) is 7.11 Å². The van der Waals surface area contributed by atoms with E-state index in [1.54, 1.807) is 0 Å². The fourth-order valence-electron chi connectivity index (χ4n) is 3.88. The van der Waals surface area contributed by atoms with E-state index >= 15 is 0 Å². The van der Waals surface area contributed by atoms with Crippen molar-refractivity contribution in [2.45, 2.75) is 42.0 Å². The van der Waals surface area contributed by atoms with Gasteiger partial charge >= 0.3 is 6.08 Å². The fourth-order valence-corrected chi connectivity index (χ4v) is 4.54. The van der Waals surface area contributed by atoms with E-state index in [1.807, 2.05) is 24.3 Å². The largest absolute Gasteiger partial charge is 0.452 e. The van der Waals surface area contributed by atoms with Crippen molar-refractivity contribution in [3.05, 3.63) is 29.8 Å². The standard InChI is InChI=1S/C18H22N4O3S/c1-11-15(12-7-9-22(11)10-8-12)19-16(23)13-3-5-14(6-4-13)26-18-21-20-17(24-2)25-18/h3-6,11-12,15H,7-10H2,1-2H3,(H,19,23)/t11-,15-/m0/s1. The zero-order chi connectivity index (χ0) is 18.1. The van der Waals surface area contributed by atoms with Gasteiger partial charge in [0.25, 0.3) is 11.1 Å². The number of aromatic nitrogens is 2. The summed E-state index contributed by atoms with van der Waals surface area (Å²) in [6, 6.07) is 8.08. The lowest BCUT2D eigenvalue weighted by atomic mass is 9.79. The Kier molecular flexibility index (Phi) is 4.86. The highest BCUT2D eigenvalue weighted by Crippen LogP contribution is 2.32. The Balaban J connectivity index is 1.39. The van der Waals surface area contributed by atoms with Crippen molar-refractivity contribution in [3.63, 3.8) is 0 Å². The summed E-state index contributed by atoms with van der Waals surface area (Å²) in [7, 11) is 1.48. The van der Waals surface area contributed by atoms with E-state index in [0.717, 1.165) is 18.0 Å². The van der Waals surface area contributed by atoms with Gasteiger partial charge in [-0.3, -0.25) is 9.69 Å². The molecule has 2 bridgehead atoms. The molecule has 26 heavy (non-hydrogen) atoms. The van der Waals surface area contributed by atoms with Crippen LogP contribution in [0.15, 0.2) is 38.8 Å². The van der Waals surface area contributed by atoms with Crippen LogP contribution >= 0.6 is 11.8 Å². The second-order valence-electron chi connectivity index (χ2n) is 6.78. The third kappa shape index (κ3) is 3.43. The Labute approximate surface area is 156 Å². The highest BCUT2D eigenvalue weighted by molar-refractivity contribution is 7.99. The third-order valence-electron chi connectivity index (χ3n) is 5.36. The number of fused-ring (bicyclic) bond motifs is 3. The number of amides is 1. The van der Waals surface area contributed by atoms with E-state index in [0.29, 0.717) is 22.7 Å². The van der Waals surface area contributed by atoms with Crippen LogP contribution in [0.2, 0.25) is 0 Å². The first kappa shape index (κ1) is 17.4. The number of piperidine rings is 3. The Hall–Kier alpha value is -2.06. The number of nitrogens with one attached hydrogen (secondary N) is 1. The maximum Gasteiger partial charge on any atom is 0.415 e. The monoisotopic (exact) mass is 374 g/mol. The fraction of sp³-hybridized carbons (Fsp3) is 0.500. The molecule has 7 nitrogen and oxygen atoms in total. The first-order valence-electron chi connectivity index (χ1n) is 8.84. The quantitative estimate of drug-likeness (QED) is 0.861. The van der Waals surface area contributed by atoms with Crippen LogP contribution in [0.1, 0.15) is 30.1 Å². The van der Waals surface area contributed by atoms with Crippen molar-refractivity contribution in [1.82, 2.24) is 20.4 Å². The third-order valence-corrected chi connectivity index (χ3v) is 6.21. The summed E-state index contributed by atoms with van der Waals surface area (Å²) in [4.78, 5) is 16.0. The van der Waals surface area contributed by atoms with Crippen LogP contribution in [0.25, 0.3) is 0 Å². The van der Waals surface area contributed by atoms with Crippen LogP contribution in [0.4, 0.5) is 0 Å². The topological polar surface area (TPSA) is 80.5 Å². The summed E-state index contributed by atoms with van der Waals surface area (Å²) in [5, 5.41) is 11.3. The number of nitrogens with zero attached hydrogens (tertiary/aromatic N) is 3. The minimum atomic E-state index is -0.00777. The molecule has 1 aromatic carbocycles. The van der Waals surface area contributed by atoms with Gasteiger partial charge in [-0.15, -0.1) is 0 Å². The molecule has 3 saturated heterocycles. The van der Waals surface area contributed by atoms with Crippen molar-refractivity contribution in [1.29, 1.82) is 0 Å². The zero-order valence-electron chi connectivity index (χ0n) is 14.8. The molecule has 3 aliphatic heterocycles. The molecule has 1 amide bonds. The van der Waals surface area contributed by atoms with Crippen molar-refractivity contribution in [2.75, 3.05) is 20.2 Å². The number of carbonyl (C=O) groups excluding carboxylic acids is 1. The zero-order valence-corrected chi connectivity index (χ0v) is 15.7. The van der Waals surface area contributed by atoms with Crippen LogP contribution in [0.5, 0.6) is 6.08 Å². The summed E-state index contributed by atoms with van der Waals surface area (Å²) in [5.41, 5.74) is 0.668. The molecule has 0 spiro atoms. The van der Waals surface area contributed by atoms with Gasteiger partial charge in [0.2, 0.25) is 0 Å². The summed E-state index contributed by atoms with van der Waals surface area (Å²) in [5.74, 6) is 0.591. The molecule has 3 aliphatic rings. The molecule has 1 N–H and O–H groups in total. The normalized spacial score (nSPS) is 27.3. The molecule has 8 heteroatoms. The van der Waals surface area contributed by atoms with Crippen molar-refractivity contribution >= 4 is 17.7 Å². The molecule has 5 rings (SSSR count). The summed E-state index contributed by atoms with van der Waals surface area (Å²) in [6.45, 7) is 4.53. The highest BCUT2D eigenvalue weighted by atomic mass is 32.2. The minimum absolute atomic E-state index is 0.00777. The molecule has 0 saturated carbocycles. The van der Waals surface area contributed by atoms with E-state index in [1.165, 1.54) is 31.7 Å². The maximum atomic E-state index is 12.7. The number of carbonyl (C=O) groups is 1. The molecule has 2 atom stereocenters. The molecule has 3 fully saturated rings. The lowest BCUT2D eigenvalue weighted by molar-refractivity contribution is 0.0217. The summed E-state index contributed by atoms with van der Waals surface area (Å²) in [6.07, 6.45) is 2.49. The Morgan fingerprint density at radius 1 is 1.27 bits per heavy atom.